The maximum atomic E-state index is 11.8. The summed E-state index contributed by atoms with van der Waals surface area (Å²) in [6, 6.07) is 0. The number of aromatic nitrogens is 3. The van der Waals surface area contributed by atoms with Crippen LogP contribution in [-0.2, 0) is 55.9 Å². The lowest BCUT2D eigenvalue weighted by molar-refractivity contribution is -0.300. The molecule has 14 heteroatoms. The predicted molar refractivity (Wildman–Crippen MR) is 139 cm³/mol. The summed E-state index contributed by atoms with van der Waals surface area (Å²) in [6.07, 6.45) is -0.240. The summed E-state index contributed by atoms with van der Waals surface area (Å²) in [6.45, 7) is 11.9. The standard InChI is InChI=1S/C26H42N4O10/c1-16-21(37-17(2)31)22(38-18(3)32)23(39-19(4)33)24(36-16)35-13-11-9-8-10-12-30-15-20(28-29-30)14-27-25(34)40-26(5,6)7/h15-16,21-24H,8-14H2,1-7H3,(H,27,34)/t16-,21-,22+,23+,24+/m0/s1. The van der Waals surface area contributed by atoms with Crippen LogP contribution in [-0.4, -0.2) is 81.9 Å². The van der Waals surface area contributed by atoms with Crippen molar-refractivity contribution in [1.29, 1.82) is 0 Å². The van der Waals surface area contributed by atoms with Gasteiger partial charge in [-0.25, -0.2) is 4.79 Å². The fourth-order valence-electron chi connectivity index (χ4n) is 4.04. The zero-order valence-corrected chi connectivity index (χ0v) is 24.3. The topological polar surface area (TPSA) is 166 Å². The second-order valence-electron chi connectivity index (χ2n) is 10.5. The average molecular weight is 571 g/mol. The number of nitrogens with one attached hydrogen (secondary N) is 1. The molecule has 0 radical (unpaired) electrons. The summed E-state index contributed by atoms with van der Waals surface area (Å²) in [5, 5.41) is 10.8. The second-order valence-corrected chi connectivity index (χ2v) is 10.5. The summed E-state index contributed by atoms with van der Waals surface area (Å²) in [5.41, 5.74) is 0.0607. The van der Waals surface area contributed by atoms with E-state index in [-0.39, 0.29) is 6.54 Å². The van der Waals surface area contributed by atoms with E-state index < -0.39 is 60.3 Å². The van der Waals surface area contributed by atoms with Gasteiger partial charge >= 0.3 is 24.0 Å². The quantitative estimate of drug-likeness (QED) is 0.209. The SMILES string of the molecule is CC(=O)O[C@@H]1[C@@H](OC(C)=O)[C@H](C)O[C@@H](OCCCCCCn2cc(CNC(=O)OC(C)(C)C)nn2)[C@@H]1OC(C)=O. The Labute approximate surface area is 234 Å². The third-order valence-electron chi connectivity index (χ3n) is 5.60. The molecule has 0 saturated carbocycles. The zero-order chi connectivity index (χ0) is 29.9. The van der Waals surface area contributed by atoms with Gasteiger partial charge in [0.2, 0.25) is 0 Å². The third-order valence-corrected chi connectivity index (χ3v) is 5.60. The van der Waals surface area contributed by atoms with E-state index in [4.69, 9.17) is 28.4 Å². The monoisotopic (exact) mass is 570 g/mol. The molecule has 0 aliphatic carbocycles. The summed E-state index contributed by atoms with van der Waals surface area (Å²) >= 11 is 0. The van der Waals surface area contributed by atoms with Gasteiger partial charge in [-0.05, 0) is 40.5 Å². The Kier molecular flexibility index (Phi) is 12.8. The molecule has 1 aromatic heterocycles. The van der Waals surface area contributed by atoms with Crippen molar-refractivity contribution < 1.29 is 47.6 Å². The first-order valence-electron chi connectivity index (χ1n) is 13.4. The average Bonchev–Trinajstić information content (AvgIpc) is 3.27. The van der Waals surface area contributed by atoms with Crippen LogP contribution in [0.5, 0.6) is 0 Å². The zero-order valence-electron chi connectivity index (χ0n) is 24.3. The molecule has 2 heterocycles. The molecule has 1 saturated heterocycles. The molecule has 5 atom stereocenters. The van der Waals surface area contributed by atoms with Crippen molar-refractivity contribution in [3.05, 3.63) is 11.9 Å². The Balaban J connectivity index is 1.77. The molecule has 1 N–H and O–H groups in total. The van der Waals surface area contributed by atoms with E-state index >= 15 is 0 Å². The molecule has 1 aliphatic rings. The van der Waals surface area contributed by atoms with Gasteiger partial charge in [-0.1, -0.05) is 18.1 Å². The largest absolute Gasteiger partial charge is 0.456 e. The number of ether oxygens (including phenoxy) is 6. The molecule has 226 valence electrons. The van der Waals surface area contributed by atoms with E-state index in [1.54, 1.807) is 38.6 Å². The number of nitrogens with zero attached hydrogens (tertiary/aromatic N) is 3. The molecule has 2 rings (SSSR count). The Morgan fingerprint density at radius 3 is 2.15 bits per heavy atom. The number of unbranched alkanes of at least 4 members (excludes halogenated alkanes) is 3. The van der Waals surface area contributed by atoms with Crippen LogP contribution in [0.2, 0.25) is 0 Å². The number of esters is 3. The van der Waals surface area contributed by atoms with Crippen LogP contribution in [0, 0.1) is 0 Å². The van der Waals surface area contributed by atoms with Gasteiger partial charge in [0, 0.05) is 33.9 Å². The molecular formula is C26H42N4O10. The smallest absolute Gasteiger partial charge is 0.407 e. The predicted octanol–water partition coefficient (Wildman–Crippen LogP) is 2.42. The minimum Gasteiger partial charge on any atom is -0.456 e. The highest BCUT2D eigenvalue weighted by Gasteiger charge is 2.50. The van der Waals surface area contributed by atoms with Gasteiger partial charge in [-0.3, -0.25) is 19.1 Å². The van der Waals surface area contributed by atoms with E-state index in [0.717, 1.165) is 19.3 Å². The number of hydrogen-bond donors (Lipinski definition) is 1. The fraction of sp³-hybridized carbons (Fsp3) is 0.769. The van der Waals surface area contributed by atoms with Gasteiger partial charge in [-0.15, -0.1) is 5.10 Å². The van der Waals surface area contributed by atoms with Crippen molar-refractivity contribution in [2.24, 2.45) is 0 Å². The van der Waals surface area contributed by atoms with E-state index in [9.17, 15) is 19.2 Å². The highest BCUT2D eigenvalue weighted by molar-refractivity contribution is 5.68. The molecule has 40 heavy (non-hydrogen) atoms. The first-order valence-corrected chi connectivity index (χ1v) is 13.4. The van der Waals surface area contributed by atoms with Gasteiger partial charge < -0.3 is 33.7 Å². The highest BCUT2D eigenvalue weighted by atomic mass is 16.7. The Hall–Kier alpha value is -3.26. The lowest BCUT2D eigenvalue weighted by atomic mass is 9.99. The fourth-order valence-corrected chi connectivity index (χ4v) is 4.04. The van der Waals surface area contributed by atoms with Crippen LogP contribution in [0.25, 0.3) is 0 Å². The normalized spacial score (nSPS) is 22.7. The summed E-state index contributed by atoms with van der Waals surface area (Å²) in [5.74, 6) is -1.82. The molecule has 14 nitrogen and oxygen atoms in total. The Morgan fingerprint density at radius 2 is 1.52 bits per heavy atom. The highest BCUT2D eigenvalue weighted by Crippen LogP contribution is 2.29. The number of rotatable bonds is 13. The molecule has 1 aliphatic heterocycles. The van der Waals surface area contributed by atoms with Crippen molar-refractivity contribution in [2.75, 3.05) is 6.61 Å². The lowest BCUT2D eigenvalue weighted by Gasteiger charge is -2.43. The van der Waals surface area contributed by atoms with Crippen molar-refractivity contribution in [2.45, 2.75) is 124 Å². The van der Waals surface area contributed by atoms with Crippen LogP contribution in [0.3, 0.4) is 0 Å². The summed E-state index contributed by atoms with van der Waals surface area (Å²) in [7, 11) is 0. The Morgan fingerprint density at radius 1 is 0.925 bits per heavy atom. The molecule has 0 spiro atoms. The first-order chi connectivity index (χ1) is 18.7. The van der Waals surface area contributed by atoms with Gasteiger partial charge in [0.15, 0.2) is 24.6 Å². The van der Waals surface area contributed by atoms with E-state index in [1.807, 2.05) is 0 Å². The van der Waals surface area contributed by atoms with Gasteiger partial charge in [0.25, 0.3) is 0 Å². The van der Waals surface area contributed by atoms with Crippen molar-refractivity contribution in [1.82, 2.24) is 20.3 Å². The maximum Gasteiger partial charge on any atom is 0.407 e. The summed E-state index contributed by atoms with van der Waals surface area (Å²) < 4.78 is 34.7. The molecule has 0 unspecified atom stereocenters. The molecule has 0 aromatic carbocycles. The van der Waals surface area contributed by atoms with Crippen LogP contribution >= 0.6 is 0 Å². The van der Waals surface area contributed by atoms with E-state index in [1.165, 1.54) is 20.8 Å². The van der Waals surface area contributed by atoms with Crippen LogP contribution in [0.15, 0.2) is 6.20 Å². The molecule has 0 bridgehead atoms. The van der Waals surface area contributed by atoms with E-state index in [0.29, 0.717) is 25.3 Å². The second kappa shape index (κ2) is 15.5. The van der Waals surface area contributed by atoms with Gasteiger partial charge in [0.05, 0.1) is 18.8 Å². The molecular weight excluding hydrogens is 528 g/mol. The number of carbonyl (C=O) groups excluding carboxylic acids is 4. The van der Waals surface area contributed by atoms with Crippen molar-refractivity contribution >= 4 is 24.0 Å². The maximum absolute atomic E-state index is 11.8. The van der Waals surface area contributed by atoms with Crippen molar-refractivity contribution in [3.8, 4) is 0 Å². The van der Waals surface area contributed by atoms with Crippen molar-refractivity contribution in [3.63, 3.8) is 0 Å². The van der Waals surface area contributed by atoms with Crippen LogP contribution < -0.4 is 5.32 Å². The Bertz CT molecular complexity index is 992. The number of alkyl carbamates (subject to hydrolysis) is 1. The summed E-state index contributed by atoms with van der Waals surface area (Å²) in [4.78, 5) is 46.9. The van der Waals surface area contributed by atoms with Crippen LogP contribution in [0.1, 0.15) is 79.8 Å². The number of amides is 1. The lowest BCUT2D eigenvalue weighted by Crippen LogP contribution is -2.61. The third kappa shape index (κ3) is 11.9. The number of hydrogen-bond acceptors (Lipinski definition) is 12. The van der Waals surface area contributed by atoms with Gasteiger partial charge in [-0.2, -0.15) is 0 Å². The minimum atomic E-state index is -1.10. The number of carbonyl (C=O) groups is 4. The van der Waals surface area contributed by atoms with Crippen LogP contribution in [0.4, 0.5) is 4.79 Å². The first kappa shape index (κ1) is 32.9. The number of aryl methyl sites for hydroxylation is 1. The minimum absolute atomic E-state index is 0.225. The van der Waals surface area contributed by atoms with E-state index in [2.05, 4.69) is 15.6 Å². The molecule has 1 aromatic rings. The van der Waals surface area contributed by atoms with Gasteiger partial charge in [0.1, 0.15) is 11.3 Å². The molecule has 1 amide bonds. The molecule has 1 fully saturated rings.